The highest BCUT2D eigenvalue weighted by molar-refractivity contribution is 6.14. The highest BCUT2D eigenvalue weighted by Gasteiger charge is 2.21. The molecular formula is C52H35NO. The van der Waals surface area contributed by atoms with E-state index >= 15 is 0 Å². The van der Waals surface area contributed by atoms with E-state index in [1.807, 2.05) is 12.1 Å². The van der Waals surface area contributed by atoms with Crippen molar-refractivity contribution in [1.29, 1.82) is 0 Å². The number of hydrogen-bond acceptors (Lipinski definition) is 2. The highest BCUT2D eigenvalue weighted by Crippen LogP contribution is 2.46. The molecule has 0 unspecified atom stereocenters. The zero-order chi connectivity index (χ0) is 35.8. The van der Waals surface area contributed by atoms with E-state index in [-0.39, 0.29) is 0 Å². The van der Waals surface area contributed by atoms with Crippen LogP contribution in [0.4, 0.5) is 17.1 Å². The van der Waals surface area contributed by atoms with Crippen LogP contribution in [0.15, 0.2) is 217 Å². The van der Waals surface area contributed by atoms with Gasteiger partial charge in [-0.25, -0.2) is 0 Å². The predicted octanol–water partition coefficient (Wildman–Crippen LogP) is 14.9. The number of benzene rings is 9. The Morgan fingerprint density at radius 2 is 0.815 bits per heavy atom. The van der Waals surface area contributed by atoms with Crippen molar-refractivity contribution in [1.82, 2.24) is 0 Å². The molecule has 0 aliphatic rings. The van der Waals surface area contributed by atoms with Crippen molar-refractivity contribution in [2.24, 2.45) is 0 Å². The molecule has 0 atom stereocenters. The summed E-state index contributed by atoms with van der Waals surface area (Å²) in [5, 5.41) is 4.63. The van der Waals surface area contributed by atoms with E-state index in [1.54, 1.807) is 0 Å². The quantitative estimate of drug-likeness (QED) is 0.166. The van der Waals surface area contributed by atoms with Gasteiger partial charge in [0.25, 0.3) is 0 Å². The van der Waals surface area contributed by atoms with E-state index in [0.717, 1.165) is 55.7 Å². The Hall–Kier alpha value is -7.16. The fourth-order valence-corrected chi connectivity index (χ4v) is 7.90. The third-order valence-electron chi connectivity index (χ3n) is 10.5. The second-order valence-corrected chi connectivity index (χ2v) is 13.7. The van der Waals surface area contributed by atoms with Crippen molar-refractivity contribution in [3.8, 4) is 44.5 Å². The summed E-state index contributed by atoms with van der Waals surface area (Å²) in [6.45, 7) is 0. The number of hydrogen-bond donors (Lipinski definition) is 0. The van der Waals surface area contributed by atoms with Crippen LogP contribution in [0.1, 0.15) is 0 Å². The molecule has 9 aromatic carbocycles. The normalized spacial score (nSPS) is 11.3. The molecule has 0 amide bonds. The molecule has 0 saturated heterocycles. The Bertz CT molecular complexity index is 2860. The standard InChI is InChI=1S/C52H35NO/c1-3-15-36(16-4-1)40-33-41(37-17-5-2-6-18-37)35-42(34-40)38-29-31-43(32-30-38)53(48-26-13-20-39-19-7-8-21-44(39)48)49-25-11-9-22-45(49)46-24-14-28-51-52(46)47-23-10-12-27-50(47)54-51/h1-35H. The van der Waals surface area contributed by atoms with Crippen molar-refractivity contribution in [3.05, 3.63) is 212 Å². The molecule has 0 aliphatic carbocycles. The Kier molecular flexibility index (Phi) is 7.85. The summed E-state index contributed by atoms with van der Waals surface area (Å²) < 4.78 is 6.36. The molecule has 1 heterocycles. The highest BCUT2D eigenvalue weighted by atomic mass is 16.3. The molecule has 54 heavy (non-hydrogen) atoms. The SMILES string of the molecule is c1ccc(-c2cc(-c3ccccc3)cc(-c3ccc(N(c4ccccc4-c4cccc5oc6ccccc6c45)c4cccc5ccccc45)cc3)c2)cc1. The number of anilines is 3. The van der Waals surface area contributed by atoms with Crippen LogP contribution < -0.4 is 4.90 Å². The van der Waals surface area contributed by atoms with Gasteiger partial charge in [-0.2, -0.15) is 0 Å². The monoisotopic (exact) mass is 689 g/mol. The third-order valence-corrected chi connectivity index (χ3v) is 10.5. The van der Waals surface area contributed by atoms with Crippen LogP contribution in [0, 0.1) is 0 Å². The van der Waals surface area contributed by atoms with Crippen LogP contribution in [0.25, 0.3) is 77.2 Å². The summed E-state index contributed by atoms with van der Waals surface area (Å²) >= 11 is 0. The molecule has 0 saturated carbocycles. The largest absolute Gasteiger partial charge is 0.456 e. The average Bonchev–Trinajstić information content (AvgIpc) is 3.64. The van der Waals surface area contributed by atoms with E-state index in [9.17, 15) is 0 Å². The van der Waals surface area contributed by atoms with Gasteiger partial charge < -0.3 is 9.32 Å². The van der Waals surface area contributed by atoms with Crippen molar-refractivity contribution in [2.75, 3.05) is 4.90 Å². The Labute approximate surface area is 314 Å². The maximum absolute atomic E-state index is 6.36. The summed E-state index contributed by atoms with van der Waals surface area (Å²) in [5.74, 6) is 0. The first-order valence-corrected chi connectivity index (χ1v) is 18.4. The maximum atomic E-state index is 6.36. The zero-order valence-electron chi connectivity index (χ0n) is 29.6. The number of para-hydroxylation sites is 2. The molecule has 10 aromatic rings. The van der Waals surface area contributed by atoms with Gasteiger partial charge in [0, 0.05) is 27.4 Å². The molecule has 1 aromatic heterocycles. The Morgan fingerprint density at radius 3 is 1.54 bits per heavy atom. The molecule has 0 radical (unpaired) electrons. The van der Waals surface area contributed by atoms with Gasteiger partial charge in [0.05, 0.1) is 11.4 Å². The maximum Gasteiger partial charge on any atom is 0.136 e. The molecule has 2 nitrogen and oxygen atoms in total. The second-order valence-electron chi connectivity index (χ2n) is 13.7. The van der Waals surface area contributed by atoms with E-state index in [4.69, 9.17) is 4.42 Å². The minimum atomic E-state index is 0.886. The van der Waals surface area contributed by atoms with Crippen molar-refractivity contribution in [2.45, 2.75) is 0 Å². The molecule has 0 bridgehead atoms. The summed E-state index contributed by atoms with van der Waals surface area (Å²) in [4.78, 5) is 2.42. The molecule has 0 N–H and O–H groups in total. The van der Waals surface area contributed by atoms with Gasteiger partial charge in [-0.15, -0.1) is 0 Å². The zero-order valence-corrected chi connectivity index (χ0v) is 29.6. The van der Waals surface area contributed by atoms with Gasteiger partial charge in [0.1, 0.15) is 11.2 Å². The molecule has 0 fully saturated rings. The van der Waals surface area contributed by atoms with Crippen molar-refractivity contribution < 1.29 is 4.42 Å². The van der Waals surface area contributed by atoms with E-state index in [0.29, 0.717) is 0 Å². The van der Waals surface area contributed by atoms with Crippen LogP contribution in [0.3, 0.4) is 0 Å². The third kappa shape index (κ3) is 5.62. The number of nitrogens with zero attached hydrogens (tertiary/aromatic N) is 1. The summed E-state index contributed by atoms with van der Waals surface area (Å²) in [5.41, 5.74) is 14.5. The smallest absolute Gasteiger partial charge is 0.136 e. The Morgan fingerprint density at radius 1 is 0.315 bits per heavy atom. The Balaban J connectivity index is 1.16. The minimum Gasteiger partial charge on any atom is -0.456 e. The van der Waals surface area contributed by atoms with Crippen LogP contribution in [0.5, 0.6) is 0 Å². The minimum absolute atomic E-state index is 0.886. The second kappa shape index (κ2) is 13.4. The van der Waals surface area contributed by atoms with Crippen molar-refractivity contribution >= 4 is 49.8 Å². The molecule has 2 heteroatoms. The van der Waals surface area contributed by atoms with Crippen LogP contribution in [0.2, 0.25) is 0 Å². The van der Waals surface area contributed by atoms with E-state index in [1.165, 1.54) is 38.6 Å². The van der Waals surface area contributed by atoms with Crippen LogP contribution in [-0.2, 0) is 0 Å². The molecular weight excluding hydrogens is 655 g/mol. The lowest BCUT2D eigenvalue weighted by atomic mass is 9.93. The van der Waals surface area contributed by atoms with Gasteiger partial charge in [-0.1, -0.05) is 158 Å². The predicted molar refractivity (Wildman–Crippen MR) is 228 cm³/mol. The van der Waals surface area contributed by atoms with Crippen LogP contribution in [-0.4, -0.2) is 0 Å². The number of fused-ring (bicyclic) bond motifs is 4. The van der Waals surface area contributed by atoms with Gasteiger partial charge in [0.2, 0.25) is 0 Å². The topological polar surface area (TPSA) is 16.4 Å². The summed E-state index contributed by atoms with van der Waals surface area (Å²) in [6, 6.07) is 75.9. The van der Waals surface area contributed by atoms with Gasteiger partial charge in [0.15, 0.2) is 0 Å². The van der Waals surface area contributed by atoms with Gasteiger partial charge in [-0.3, -0.25) is 0 Å². The van der Waals surface area contributed by atoms with Gasteiger partial charge in [-0.05, 0) is 98.9 Å². The van der Waals surface area contributed by atoms with E-state index < -0.39 is 0 Å². The summed E-state index contributed by atoms with van der Waals surface area (Å²) in [6.07, 6.45) is 0. The molecule has 0 spiro atoms. The van der Waals surface area contributed by atoms with E-state index in [2.05, 4.69) is 205 Å². The molecule has 0 aliphatic heterocycles. The first kappa shape index (κ1) is 31.6. The fraction of sp³-hybridized carbons (Fsp3) is 0. The first-order chi connectivity index (χ1) is 26.8. The lowest BCUT2D eigenvalue weighted by Gasteiger charge is -2.29. The average molecular weight is 690 g/mol. The van der Waals surface area contributed by atoms with Crippen molar-refractivity contribution in [3.63, 3.8) is 0 Å². The van der Waals surface area contributed by atoms with Crippen LogP contribution >= 0.6 is 0 Å². The molecule has 254 valence electrons. The molecule has 10 rings (SSSR count). The lowest BCUT2D eigenvalue weighted by Crippen LogP contribution is -2.11. The first-order valence-electron chi connectivity index (χ1n) is 18.4. The number of rotatable bonds is 7. The summed E-state index contributed by atoms with van der Waals surface area (Å²) in [7, 11) is 0. The fourth-order valence-electron chi connectivity index (χ4n) is 7.90. The number of furan rings is 1. The van der Waals surface area contributed by atoms with Gasteiger partial charge >= 0.3 is 0 Å². The lowest BCUT2D eigenvalue weighted by molar-refractivity contribution is 0.669.